The molecule has 1 unspecified atom stereocenters. The number of phenolic OH excluding ortho intramolecular Hbond substituents is 1. The molecule has 7 heteroatoms. The number of anilines is 1. The molecule has 26 heavy (non-hydrogen) atoms. The second-order valence-corrected chi connectivity index (χ2v) is 5.81. The molecule has 2 heterocycles. The molecule has 2 aromatic carbocycles. The first-order valence-corrected chi connectivity index (χ1v) is 8.10. The van der Waals surface area contributed by atoms with Gasteiger partial charge in [-0.2, -0.15) is 10.1 Å². The Labute approximate surface area is 150 Å². The van der Waals surface area contributed by atoms with Gasteiger partial charge in [0, 0.05) is 5.56 Å². The number of benzene rings is 2. The molecule has 0 bridgehead atoms. The van der Waals surface area contributed by atoms with Gasteiger partial charge in [0.25, 0.3) is 0 Å². The fraction of sp³-hybridized carbons (Fsp3) is 0.158. The zero-order valence-electron chi connectivity index (χ0n) is 14.4. The maximum absolute atomic E-state index is 10.2. The average Bonchev–Trinajstić information content (AvgIpc) is 3.15. The number of methoxy groups -OCH3 is 2. The number of aromatic nitrogens is 3. The zero-order valence-corrected chi connectivity index (χ0v) is 14.4. The van der Waals surface area contributed by atoms with Crippen LogP contribution < -0.4 is 14.8 Å². The van der Waals surface area contributed by atoms with Crippen molar-refractivity contribution in [3.63, 3.8) is 0 Å². The second-order valence-electron chi connectivity index (χ2n) is 5.81. The fourth-order valence-electron chi connectivity index (χ4n) is 3.07. The standard InChI is InChI=1S/C19H18N4O3/c1-25-17-8-7-12(9-18(17)26-2)15-10-14(13-5-3-4-6-16(13)24)22-19-20-11-21-23(15)19/h3-11,15,24H,1-2H3,(H,20,21,22). The fourth-order valence-corrected chi connectivity index (χ4v) is 3.07. The van der Waals surface area contributed by atoms with Gasteiger partial charge in [-0.15, -0.1) is 0 Å². The SMILES string of the molecule is COc1ccc(C2C=C(c3ccccc3O)Nc3ncnn32)cc1OC. The third-order valence-corrected chi connectivity index (χ3v) is 4.35. The monoisotopic (exact) mass is 350 g/mol. The summed E-state index contributed by atoms with van der Waals surface area (Å²) >= 11 is 0. The van der Waals surface area contributed by atoms with Crippen LogP contribution in [0.1, 0.15) is 17.2 Å². The normalized spacial score (nSPS) is 15.6. The van der Waals surface area contributed by atoms with Crippen molar-refractivity contribution in [2.24, 2.45) is 0 Å². The van der Waals surface area contributed by atoms with E-state index in [1.165, 1.54) is 6.33 Å². The number of aromatic hydroxyl groups is 1. The molecule has 132 valence electrons. The Bertz CT molecular complexity index is 980. The Balaban J connectivity index is 1.83. The highest BCUT2D eigenvalue weighted by Gasteiger charge is 2.25. The van der Waals surface area contributed by atoms with Crippen molar-refractivity contribution in [2.75, 3.05) is 19.5 Å². The number of ether oxygens (including phenoxy) is 2. The number of hydrogen-bond acceptors (Lipinski definition) is 6. The molecule has 0 amide bonds. The largest absolute Gasteiger partial charge is 0.507 e. The predicted octanol–water partition coefficient (Wildman–Crippen LogP) is 3.06. The molecule has 1 atom stereocenters. The highest BCUT2D eigenvalue weighted by atomic mass is 16.5. The maximum atomic E-state index is 10.2. The van der Waals surface area contributed by atoms with Crippen LogP contribution in [0.25, 0.3) is 5.70 Å². The van der Waals surface area contributed by atoms with Crippen molar-refractivity contribution in [2.45, 2.75) is 6.04 Å². The molecule has 0 radical (unpaired) electrons. The Kier molecular flexibility index (Phi) is 3.96. The molecule has 1 aromatic heterocycles. The summed E-state index contributed by atoms with van der Waals surface area (Å²) in [7, 11) is 3.21. The molecule has 1 aliphatic rings. The van der Waals surface area contributed by atoms with Gasteiger partial charge in [0.1, 0.15) is 18.1 Å². The summed E-state index contributed by atoms with van der Waals surface area (Å²) in [5.74, 6) is 2.10. The van der Waals surface area contributed by atoms with E-state index in [9.17, 15) is 5.11 Å². The molecular formula is C19H18N4O3. The van der Waals surface area contributed by atoms with E-state index in [4.69, 9.17) is 9.47 Å². The molecular weight excluding hydrogens is 332 g/mol. The summed E-state index contributed by atoms with van der Waals surface area (Å²) in [4.78, 5) is 4.28. The summed E-state index contributed by atoms with van der Waals surface area (Å²) in [5, 5.41) is 17.8. The van der Waals surface area contributed by atoms with Gasteiger partial charge in [0.15, 0.2) is 11.5 Å². The van der Waals surface area contributed by atoms with Crippen molar-refractivity contribution in [1.82, 2.24) is 14.8 Å². The van der Waals surface area contributed by atoms with E-state index < -0.39 is 0 Å². The lowest BCUT2D eigenvalue weighted by molar-refractivity contribution is 0.354. The minimum Gasteiger partial charge on any atom is -0.507 e. The molecule has 0 fully saturated rings. The molecule has 0 spiro atoms. The van der Waals surface area contributed by atoms with Gasteiger partial charge >= 0.3 is 0 Å². The smallest absolute Gasteiger partial charge is 0.226 e. The van der Waals surface area contributed by atoms with E-state index in [-0.39, 0.29) is 11.8 Å². The van der Waals surface area contributed by atoms with E-state index in [2.05, 4.69) is 15.4 Å². The van der Waals surface area contributed by atoms with E-state index in [0.29, 0.717) is 23.0 Å². The van der Waals surface area contributed by atoms with Crippen molar-refractivity contribution >= 4 is 11.6 Å². The van der Waals surface area contributed by atoms with Crippen molar-refractivity contribution in [1.29, 1.82) is 0 Å². The summed E-state index contributed by atoms with van der Waals surface area (Å²) < 4.78 is 12.5. The van der Waals surface area contributed by atoms with Crippen LogP contribution in [0.4, 0.5) is 5.95 Å². The number of phenols is 1. The van der Waals surface area contributed by atoms with Gasteiger partial charge in [0.2, 0.25) is 5.95 Å². The second kappa shape index (κ2) is 6.44. The lowest BCUT2D eigenvalue weighted by Gasteiger charge is -2.25. The van der Waals surface area contributed by atoms with Crippen LogP contribution in [-0.2, 0) is 0 Å². The Morgan fingerprint density at radius 2 is 1.88 bits per heavy atom. The zero-order chi connectivity index (χ0) is 18.1. The molecule has 2 N–H and O–H groups in total. The van der Waals surface area contributed by atoms with Crippen molar-refractivity contribution in [3.05, 3.63) is 66.0 Å². The summed E-state index contributed by atoms with van der Waals surface area (Å²) in [6.07, 6.45) is 3.50. The number of para-hydroxylation sites is 1. The Morgan fingerprint density at radius 3 is 2.65 bits per heavy atom. The lowest BCUT2D eigenvalue weighted by atomic mass is 10.0. The minimum atomic E-state index is -0.205. The van der Waals surface area contributed by atoms with Gasteiger partial charge in [0.05, 0.1) is 19.9 Å². The quantitative estimate of drug-likeness (QED) is 0.753. The summed E-state index contributed by atoms with van der Waals surface area (Å²) in [6.45, 7) is 0. The minimum absolute atomic E-state index is 0.199. The van der Waals surface area contributed by atoms with Crippen LogP contribution in [0.15, 0.2) is 54.9 Å². The van der Waals surface area contributed by atoms with E-state index in [1.807, 2.05) is 36.4 Å². The van der Waals surface area contributed by atoms with Gasteiger partial charge in [-0.1, -0.05) is 18.2 Å². The topological polar surface area (TPSA) is 81.4 Å². The first-order chi connectivity index (χ1) is 12.7. The number of allylic oxidation sites excluding steroid dienone is 1. The number of hydrogen-bond donors (Lipinski definition) is 2. The van der Waals surface area contributed by atoms with E-state index in [1.54, 1.807) is 31.0 Å². The molecule has 3 aromatic rings. The highest BCUT2D eigenvalue weighted by Crippen LogP contribution is 2.37. The van der Waals surface area contributed by atoms with Crippen LogP contribution in [0.5, 0.6) is 17.2 Å². The molecule has 1 aliphatic heterocycles. The third-order valence-electron chi connectivity index (χ3n) is 4.35. The molecule has 0 aliphatic carbocycles. The Morgan fingerprint density at radius 1 is 1.08 bits per heavy atom. The average molecular weight is 350 g/mol. The molecule has 7 nitrogen and oxygen atoms in total. The number of fused-ring (bicyclic) bond motifs is 1. The predicted molar refractivity (Wildman–Crippen MR) is 97.4 cm³/mol. The third kappa shape index (κ3) is 2.63. The first-order valence-electron chi connectivity index (χ1n) is 8.10. The summed E-state index contributed by atoms with van der Waals surface area (Å²) in [6, 6.07) is 12.7. The van der Waals surface area contributed by atoms with Gasteiger partial charge < -0.3 is 19.9 Å². The lowest BCUT2D eigenvalue weighted by Crippen LogP contribution is -2.20. The van der Waals surface area contributed by atoms with Gasteiger partial charge in [-0.3, -0.25) is 0 Å². The summed E-state index contributed by atoms with van der Waals surface area (Å²) in [5.41, 5.74) is 2.43. The molecule has 0 saturated carbocycles. The van der Waals surface area contributed by atoms with Crippen molar-refractivity contribution in [3.8, 4) is 17.2 Å². The van der Waals surface area contributed by atoms with Crippen molar-refractivity contribution < 1.29 is 14.6 Å². The van der Waals surface area contributed by atoms with Crippen LogP contribution >= 0.6 is 0 Å². The van der Waals surface area contributed by atoms with E-state index >= 15 is 0 Å². The molecule has 4 rings (SSSR count). The number of nitrogens with zero attached hydrogens (tertiary/aromatic N) is 3. The van der Waals surface area contributed by atoms with Crippen LogP contribution in [0, 0.1) is 0 Å². The Hall–Kier alpha value is -3.48. The van der Waals surface area contributed by atoms with Crippen LogP contribution in [0.2, 0.25) is 0 Å². The number of rotatable bonds is 4. The van der Waals surface area contributed by atoms with Gasteiger partial charge in [-0.05, 0) is 35.9 Å². The van der Waals surface area contributed by atoms with Gasteiger partial charge in [-0.25, -0.2) is 4.68 Å². The van der Waals surface area contributed by atoms with Crippen LogP contribution in [0.3, 0.4) is 0 Å². The number of nitrogens with one attached hydrogen (secondary N) is 1. The highest BCUT2D eigenvalue weighted by molar-refractivity contribution is 5.80. The van der Waals surface area contributed by atoms with E-state index in [0.717, 1.165) is 11.3 Å². The van der Waals surface area contributed by atoms with Crippen LogP contribution in [-0.4, -0.2) is 34.1 Å². The molecule has 0 saturated heterocycles. The first kappa shape index (κ1) is 16.0. The maximum Gasteiger partial charge on any atom is 0.226 e.